The van der Waals surface area contributed by atoms with Crippen molar-refractivity contribution in [2.75, 3.05) is 0 Å². The molecular weight excluding hydrogens is 266 g/mol. The quantitative estimate of drug-likeness (QED) is 0.524. The second-order valence-electron chi connectivity index (χ2n) is 5.76. The molecular formula is C21H21N. The predicted molar refractivity (Wildman–Crippen MR) is 96.5 cm³/mol. The fourth-order valence-corrected chi connectivity index (χ4v) is 2.88. The standard InChI is InChI=1S/C21H21N/c1-4-17-9-5-7-11-20(17)22-15-18(14-13-16(2)3)19-10-6-8-12-21(19)22/h4-12,15H,1-2,13-14H2,3H3. The second kappa shape index (κ2) is 6.07. The van der Waals surface area contributed by atoms with Crippen LogP contribution in [0, 0.1) is 0 Å². The molecule has 110 valence electrons. The Labute approximate surface area is 132 Å². The van der Waals surface area contributed by atoms with Crippen LogP contribution in [0.1, 0.15) is 24.5 Å². The lowest BCUT2D eigenvalue weighted by atomic mass is 10.1. The Morgan fingerprint density at radius 2 is 1.82 bits per heavy atom. The van der Waals surface area contributed by atoms with Crippen LogP contribution in [-0.2, 0) is 6.42 Å². The van der Waals surface area contributed by atoms with Gasteiger partial charge in [0.05, 0.1) is 11.2 Å². The number of aryl methyl sites for hydroxylation is 1. The van der Waals surface area contributed by atoms with Crippen molar-refractivity contribution >= 4 is 17.0 Å². The molecule has 1 heterocycles. The summed E-state index contributed by atoms with van der Waals surface area (Å²) in [6, 6.07) is 17.0. The van der Waals surface area contributed by atoms with Crippen LogP contribution in [-0.4, -0.2) is 4.57 Å². The van der Waals surface area contributed by atoms with Crippen molar-refractivity contribution < 1.29 is 0 Å². The van der Waals surface area contributed by atoms with Gasteiger partial charge in [-0.2, -0.15) is 0 Å². The Morgan fingerprint density at radius 3 is 2.59 bits per heavy atom. The van der Waals surface area contributed by atoms with Gasteiger partial charge in [-0.15, -0.1) is 6.58 Å². The van der Waals surface area contributed by atoms with Crippen LogP contribution in [0.15, 0.2) is 73.5 Å². The van der Waals surface area contributed by atoms with Gasteiger partial charge in [-0.1, -0.05) is 54.6 Å². The number of allylic oxidation sites excluding steroid dienone is 1. The monoisotopic (exact) mass is 287 g/mol. The first-order valence-corrected chi connectivity index (χ1v) is 7.66. The summed E-state index contributed by atoms with van der Waals surface area (Å²) in [6.07, 6.45) is 6.23. The highest BCUT2D eigenvalue weighted by atomic mass is 15.0. The molecule has 0 spiro atoms. The lowest BCUT2D eigenvalue weighted by Crippen LogP contribution is -1.94. The zero-order chi connectivity index (χ0) is 15.5. The third-order valence-corrected chi connectivity index (χ3v) is 4.03. The van der Waals surface area contributed by atoms with E-state index in [-0.39, 0.29) is 0 Å². The highest BCUT2D eigenvalue weighted by molar-refractivity contribution is 5.86. The molecule has 0 atom stereocenters. The number of para-hydroxylation sites is 2. The topological polar surface area (TPSA) is 4.93 Å². The molecule has 0 aliphatic rings. The van der Waals surface area contributed by atoms with Crippen LogP contribution in [0.2, 0.25) is 0 Å². The Morgan fingerprint density at radius 1 is 1.09 bits per heavy atom. The number of benzene rings is 2. The summed E-state index contributed by atoms with van der Waals surface area (Å²) in [4.78, 5) is 0. The number of nitrogens with zero attached hydrogens (tertiary/aromatic N) is 1. The van der Waals surface area contributed by atoms with Crippen LogP contribution in [0.5, 0.6) is 0 Å². The maximum absolute atomic E-state index is 4.02. The van der Waals surface area contributed by atoms with Gasteiger partial charge in [0.1, 0.15) is 0 Å². The number of aromatic nitrogens is 1. The predicted octanol–water partition coefficient (Wildman–Crippen LogP) is 5.78. The molecule has 0 aliphatic heterocycles. The summed E-state index contributed by atoms with van der Waals surface area (Å²) in [5.41, 5.74) is 6.17. The number of rotatable bonds is 5. The molecule has 22 heavy (non-hydrogen) atoms. The first-order valence-electron chi connectivity index (χ1n) is 7.66. The van der Waals surface area contributed by atoms with Crippen molar-refractivity contribution in [3.8, 4) is 5.69 Å². The van der Waals surface area contributed by atoms with Crippen LogP contribution >= 0.6 is 0 Å². The van der Waals surface area contributed by atoms with Crippen molar-refractivity contribution in [2.45, 2.75) is 19.8 Å². The maximum atomic E-state index is 4.02. The van der Waals surface area contributed by atoms with Gasteiger partial charge in [0, 0.05) is 11.6 Å². The van der Waals surface area contributed by atoms with Gasteiger partial charge in [-0.05, 0) is 43.0 Å². The second-order valence-corrected chi connectivity index (χ2v) is 5.76. The largest absolute Gasteiger partial charge is 0.316 e. The third kappa shape index (κ3) is 2.62. The molecule has 0 unspecified atom stereocenters. The van der Waals surface area contributed by atoms with Crippen molar-refractivity contribution in [1.82, 2.24) is 4.57 Å². The molecule has 3 aromatic rings. The van der Waals surface area contributed by atoms with Gasteiger partial charge in [0.15, 0.2) is 0 Å². The van der Waals surface area contributed by atoms with E-state index in [2.05, 4.69) is 73.3 Å². The molecule has 0 radical (unpaired) electrons. The van der Waals surface area contributed by atoms with Gasteiger partial charge in [-0.3, -0.25) is 0 Å². The summed E-state index contributed by atoms with van der Waals surface area (Å²) in [7, 11) is 0. The van der Waals surface area contributed by atoms with E-state index in [1.54, 1.807) is 0 Å². The van der Waals surface area contributed by atoms with E-state index >= 15 is 0 Å². The Hall–Kier alpha value is -2.54. The average Bonchev–Trinajstić information content (AvgIpc) is 2.91. The molecule has 0 bridgehead atoms. The van der Waals surface area contributed by atoms with E-state index in [0.717, 1.165) is 18.4 Å². The number of hydrogen-bond donors (Lipinski definition) is 0. The minimum absolute atomic E-state index is 1.02. The van der Waals surface area contributed by atoms with Gasteiger partial charge < -0.3 is 4.57 Å². The molecule has 1 nitrogen and oxygen atoms in total. The number of hydrogen-bond acceptors (Lipinski definition) is 0. The summed E-state index contributed by atoms with van der Waals surface area (Å²) >= 11 is 0. The zero-order valence-electron chi connectivity index (χ0n) is 13.0. The van der Waals surface area contributed by atoms with E-state index in [0.29, 0.717) is 0 Å². The minimum Gasteiger partial charge on any atom is -0.316 e. The molecule has 0 N–H and O–H groups in total. The molecule has 0 amide bonds. The average molecular weight is 287 g/mol. The van der Waals surface area contributed by atoms with Crippen LogP contribution in [0.3, 0.4) is 0 Å². The highest BCUT2D eigenvalue weighted by Gasteiger charge is 2.10. The van der Waals surface area contributed by atoms with Crippen molar-refractivity contribution in [1.29, 1.82) is 0 Å². The van der Waals surface area contributed by atoms with Crippen LogP contribution < -0.4 is 0 Å². The van der Waals surface area contributed by atoms with Gasteiger partial charge >= 0.3 is 0 Å². The molecule has 1 heteroatoms. The smallest absolute Gasteiger partial charge is 0.0531 e. The van der Waals surface area contributed by atoms with Crippen molar-refractivity contribution in [2.24, 2.45) is 0 Å². The fourth-order valence-electron chi connectivity index (χ4n) is 2.88. The third-order valence-electron chi connectivity index (χ3n) is 4.03. The molecule has 0 saturated heterocycles. The van der Waals surface area contributed by atoms with Crippen molar-refractivity contribution in [3.63, 3.8) is 0 Å². The Bertz CT molecular complexity index is 836. The van der Waals surface area contributed by atoms with E-state index in [9.17, 15) is 0 Å². The van der Waals surface area contributed by atoms with E-state index in [1.165, 1.54) is 27.7 Å². The first-order chi connectivity index (χ1) is 10.7. The number of fused-ring (bicyclic) bond motifs is 1. The first kappa shape index (κ1) is 14.4. The summed E-state index contributed by atoms with van der Waals surface area (Å²) < 4.78 is 2.28. The van der Waals surface area contributed by atoms with Crippen LogP contribution in [0.25, 0.3) is 22.7 Å². The molecule has 3 rings (SSSR count). The zero-order valence-corrected chi connectivity index (χ0v) is 13.0. The lowest BCUT2D eigenvalue weighted by Gasteiger charge is -2.08. The summed E-state index contributed by atoms with van der Waals surface area (Å²) in [5.74, 6) is 0. The molecule has 0 aliphatic carbocycles. The summed E-state index contributed by atoms with van der Waals surface area (Å²) in [5, 5.41) is 1.32. The fraction of sp³-hybridized carbons (Fsp3) is 0.143. The maximum Gasteiger partial charge on any atom is 0.0531 e. The van der Waals surface area contributed by atoms with E-state index in [1.807, 2.05) is 12.1 Å². The molecule has 0 fully saturated rings. The van der Waals surface area contributed by atoms with E-state index in [4.69, 9.17) is 0 Å². The van der Waals surface area contributed by atoms with Gasteiger partial charge in [-0.25, -0.2) is 0 Å². The van der Waals surface area contributed by atoms with Gasteiger partial charge in [0.2, 0.25) is 0 Å². The molecule has 1 aromatic heterocycles. The SMILES string of the molecule is C=Cc1ccccc1-n1cc(CCC(=C)C)c2ccccc21. The molecule has 0 saturated carbocycles. The van der Waals surface area contributed by atoms with Crippen molar-refractivity contribution in [3.05, 3.63) is 84.6 Å². The highest BCUT2D eigenvalue weighted by Crippen LogP contribution is 2.28. The normalized spacial score (nSPS) is 10.8. The van der Waals surface area contributed by atoms with Crippen LogP contribution in [0.4, 0.5) is 0 Å². The minimum atomic E-state index is 1.02. The van der Waals surface area contributed by atoms with E-state index < -0.39 is 0 Å². The molecule has 2 aromatic carbocycles. The summed E-state index contributed by atoms with van der Waals surface area (Å²) in [6.45, 7) is 10.1. The lowest BCUT2D eigenvalue weighted by molar-refractivity contribution is 0.945. The Kier molecular flexibility index (Phi) is 3.97. The van der Waals surface area contributed by atoms with Gasteiger partial charge in [0.25, 0.3) is 0 Å². The Balaban J connectivity index is 2.18.